The maximum Gasteiger partial charge on any atom is 0.292 e. The monoisotopic (exact) mass is 560 g/mol. The van der Waals surface area contributed by atoms with Gasteiger partial charge in [-0.1, -0.05) is 80.0 Å². The molecule has 3 aromatic carbocycles. The van der Waals surface area contributed by atoms with E-state index in [2.05, 4.69) is 48.3 Å². The fourth-order valence-electron chi connectivity index (χ4n) is 5.10. The lowest BCUT2D eigenvalue weighted by atomic mass is 9.97. The van der Waals surface area contributed by atoms with Crippen LogP contribution in [0.25, 0.3) is 11.1 Å². The van der Waals surface area contributed by atoms with Gasteiger partial charge in [0.25, 0.3) is 5.91 Å². The van der Waals surface area contributed by atoms with Crippen molar-refractivity contribution >= 4 is 23.3 Å². The molecule has 0 bridgehead atoms. The van der Waals surface area contributed by atoms with Crippen LogP contribution >= 0.6 is 11.6 Å². The van der Waals surface area contributed by atoms with Crippen LogP contribution in [-0.4, -0.2) is 53.5 Å². The van der Waals surface area contributed by atoms with Crippen LogP contribution in [0.3, 0.4) is 0 Å². The summed E-state index contributed by atoms with van der Waals surface area (Å²) in [7, 11) is 0. The number of carbonyl (C=O) groups is 2. The highest BCUT2D eigenvalue weighted by atomic mass is 35.5. The van der Waals surface area contributed by atoms with E-state index in [0.717, 1.165) is 49.9 Å². The minimum Gasteiger partial charge on any atom is -0.489 e. The topological polar surface area (TPSA) is 78.9 Å². The second-order valence-electron chi connectivity index (χ2n) is 11.2. The van der Waals surface area contributed by atoms with Gasteiger partial charge in [-0.2, -0.15) is 0 Å². The molecule has 1 saturated carbocycles. The summed E-state index contributed by atoms with van der Waals surface area (Å²) in [5, 5.41) is 14.6. The third kappa shape index (κ3) is 6.92. The SMILES string of the molecule is CC(C)c1ccc(-c2ccc(C(=O)C(=O)NC(CN3CCCC3)C(O)c3ccc(OC4CC4)c(Cl)c3)cc2)cc1. The molecule has 1 aliphatic carbocycles. The minimum absolute atomic E-state index is 0.209. The Kier molecular flexibility index (Phi) is 8.89. The van der Waals surface area contributed by atoms with E-state index in [9.17, 15) is 14.7 Å². The average Bonchev–Trinajstić information content (AvgIpc) is 3.64. The van der Waals surface area contributed by atoms with E-state index in [4.69, 9.17) is 16.3 Å². The largest absolute Gasteiger partial charge is 0.489 e. The molecule has 0 radical (unpaired) electrons. The first-order valence-corrected chi connectivity index (χ1v) is 14.6. The zero-order chi connectivity index (χ0) is 28.2. The number of nitrogens with one attached hydrogen (secondary N) is 1. The zero-order valence-electron chi connectivity index (χ0n) is 23.1. The molecule has 2 unspecified atom stereocenters. The van der Waals surface area contributed by atoms with Gasteiger partial charge in [-0.15, -0.1) is 0 Å². The van der Waals surface area contributed by atoms with Crippen LogP contribution in [0.15, 0.2) is 66.7 Å². The minimum atomic E-state index is -1.04. The molecule has 2 N–H and O–H groups in total. The number of halogens is 1. The number of likely N-dealkylation sites (tertiary alicyclic amines) is 1. The Morgan fingerprint density at radius 3 is 2.12 bits per heavy atom. The Hall–Kier alpha value is -3.19. The predicted molar refractivity (Wildman–Crippen MR) is 158 cm³/mol. The number of rotatable bonds is 11. The van der Waals surface area contributed by atoms with E-state index < -0.39 is 23.8 Å². The maximum absolute atomic E-state index is 13.1. The number of aliphatic hydroxyl groups excluding tert-OH is 1. The van der Waals surface area contributed by atoms with Gasteiger partial charge in [0.1, 0.15) is 11.9 Å². The summed E-state index contributed by atoms with van der Waals surface area (Å²) in [4.78, 5) is 28.4. The van der Waals surface area contributed by atoms with Crippen molar-refractivity contribution in [3.63, 3.8) is 0 Å². The summed E-state index contributed by atoms with van der Waals surface area (Å²) in [6, 6.07) is 20.0. The van der Waals surface area contributed by atoms with Crippen LogP contribution in [0.5, 0.6) is 5.75 Å². The van der Waals surface area contributed by atoms with Gasteiger partial charge in [0.15, 0.2) is 0 Å². The molecule has 2 aliphatic rings. The molecule has 7 heteroatoms. The Labute approximate surface area is 241 Å². The first-order valence-electron chi connectivity index (χ1n) is 14.2. The molecule has 1 saturated heterocycles. The second-order valence-corrected chi connectivity index (χ2v) is 11.6. The number of hydrogen-bond acceptors (Lipinski definition) is 5. The molecule has 6 nitrogen and oxygen atoms in total. The van der Waals surface area contributed by atoms with Crippen molar-refractivity contribution < 1.29 is 19.4 Å². The van der Waals surface area contributed by atoms with Crippen molar-refractivity contribution in [3.8, 4) is 16.9 Å². The van der Waals surface area contributed by atoms with Gasteiger partial charge in [0.2, 0.25) is 5.78 Å². The summed E-state index contributed by atoms with van der Waals surface area (Å²) in [6.45, 7) is 6.53. The molecule has 5 rings (SSSR count). The summed E-state index contributed by atoms with van der Waals surface area (Å²) in [5.41, 5.74) is 4.16. The summed E-state index contributed by atoms with van der Waals surface area (Å²) < 4.78 is 5.82. The average molecular weight is 561 g/mol. The number of hydrogen-bond donors (Lipinski definition) is 2. The molecule has 210 valence electrons. The normalized spacial score (nSPS) is 17.0. The Morgan fingerprint density at radius 2 is 1.55 bits per heavy atom. The van der Waals surface area contributed by atoms with Crippen molar-refractivity contribution in [2.24, 2.45) is 0 Å². The van der Waals surface area contributed by atoms with E-state index in [0.29, 0.717) is 34.4 Å². The number of Topliss-reactive ketones (excluding diaryl/α,β-unsaturated/α-hetero) is 1. The highest BCUT2D eigenvalue weighted by molar-refractivity contribution is 6.42. The van der Waals surface area contributed by atoms with Crippen molar-refractivity contribution in [2.45, 2.75) is 63.7 Å². The molecule has 1 amide bonds. The zero-order valence-corrected chi connectivity index (χ0v) is 23.9. The second kappa shape index (κ2) is 12.5. The third-order valence-electron chi connectivity index (χ3n) is 7.73. The first kappa shape index (κ1) is 28.3. The smallest absolute Gasteiger partial charge is 0.292 e. The van der Waals surface area contributed by atoms with Crippen LogP contribution in [0, 0.1) is 0 Å². The highest BCUT2D eigenvalue weighted by Crippen LogP contribution is 2.34. The number of aliphatic hydroxyl groups is 1. The van der Waals surface area contributed by atoms with E-state index in [1.165, 1.54) is 5.56 Å². The van der Waals surface area contributed by atoms with Gasteiger partial charge >= 0.3 is 0 Å². The maximum atomic E-state index is 13.1. The molecule has 40 heavy (non-hydrogen) atoms. The van der Waals surface area contributed by atoms with E-state index in [-0.39, 0.29) is 6.10 Å². The molecular formula is C33H37ClN2O4. The number of ether oxygens (including phenoxy) is 1. The third-order valence-corrected chi connectivity index (χ3v) is 8.03. The standard InChI is InChI=1S/C33H37ClN2O4/c1-21(2)22-5-7-23(8-6-22)24-9-11-25(12-10-24)32(38)33(39)35-29(20-36-17-3-4-18-36)31(37)26-13-16-30(28(34)19-26)40-27-14-15-27/h5-13,16,19,21,27,29,31,37H,3-4,14-15,17-18,20H2,1-2H3,(H,35,39). The van der Waals surface area contributed by atoms with Crippen LogP contribution < -0.4 is 10.1 Å². The van der Waals surface area contributed by atoms with Gasteiger partial charge in [-0.05, 0) is 79.1 Å². The number of ketones is 1. The fraction of sp³-hybridized carbons (Fsp3) is 0.394. The van der Waals surface area contributed by atoms with Gasteiger partial charge in [0, 0.05) is 12.1 Å². The number of nitrogens with zero attached hydrogens (tertiary/aromatic N) is 1. The molecule has 3 aromatic rings. The Bertz CT molecular complexity index is 1330. The Morgan fingerprint density at radius 1 is 0.950 bits per heavy atom. The first-order chi connectivity index (χ1) is 19.3. The predicted octanol–water partition coefficient (Wildman–Crippen LogP) is 6.17. The lowest BCUT2D eigenvalue weighted by Gasteiger charge is -2.28. The van der Waals surface area contributed by atoms with Gasteiger partial charge < -0.3 is 20.1 Å². The lowest BCUT2D eigenvalue weighted by molar-refractivity contribution is -0.118. The summed E-state index contributed by atoms with van der Waals surface area (Å²) >= 11 is 6.45. The fourth-order valence-corrected chi connectivity index (χ4v) is 5.34. The molecule has 0 spiro atoms. The molecule has 2 fully saturated rings. The molecular weight excluding hydrogens is 524 g/mol. The number of carbonyl (C=O) groups excluding carboxylic acids is 2. The molecule has 1 heterocycles. The van der Waals surface area contributed by atoms with Crippen molar-refractivity contribution in [2.75, 3.05) is 19.6 Å². The molecule has 2 atom stereocenters. The highest BCUT2D eigenvalue weighted by Gasteiger charge is 2.30. The quantitative estimate of drug-likeness (QED) is 0.217. The van der Waals surface area contributed by atoms with Gasteiger partial charge in [-0.25, -0.2) is 0 Å². The lowest BCUT2D eigenvalue weighted by Crippen LogP contribution is -2.48. The Balaban J connectivity index is 1.28. The van der Waals surface area contributed by atoms with E-state index >= 15 is 0 Å². The van der Waals surface area contributed by atoms with E-state index in [1.54, 1.807) is 30.3 Å². The molecule has 1 aliphatic heterocycles. The van der Waals surface area contributed by atoms with Crippen molar-refractivity contribution in [1.29, 1.82) is 0 Å². The number of amides is 1. The van der Waals surface area contributed by atoms with E-state index in [1.807, 2.05) is 12.1 Å². The van der Waals surface area contributed by atoms with Crippen LogP contribution in [0.4, 0.5) is 0 Å². The van der Waals surface area contributed by atoms with Gasteiger partial charge in [-0.3, -0.25) is 9.59 Å². The molecule has 0 aromatic heterocycles. The van der Waals surface area contributed by atoms with Crippen LogP contribution in [0.2, 0.25) is 5.02 Å². The van der Waals surface area contributed by atoms with Crippen LogP contribution in [-0.2, 0) is 4.79 Å². The van der Waals surface area contributed by atoms with Crippen LogP contribution in [0.1, 0.15) is 73.0 Å². The number of benzene rings is 3. The summed E-state index contributed by atoms with van der Waals surface area (Å²) in [6.07, 6.45) is 3.35. The van der Waals surface area contributed by atoms with Crippen molar-refractivity contribution in [1.82, 2.24) is 10.2 Å². The summed E-state index contributed by atoms with van der Waals surface area (Å²) in [5.74, 6) is -0.323. The van der Waals surface area contributed by atoms with Gasteiger partial charge in [0.05, 0.1) is 17.2 Å². The van der Waals surface area contributed by atoms with Crippen molar-refractivity contribution in [3.05, 3.63) is 88.4 Å².